The minimum atomic E-state index is -4.66. The molecule has 2 heterocycles. The van der Waals surface area contributed by atoms with Gasteiger partial charge in [0.2, 0.25) is 11.9 Å². The van der Waals surface area contributed by atoms with Gasteiger partial charge in [0.15, 0.2) is 0 Å². The summed E-state index contributed by atoms with van der Waals surface area (Å²) < 4.78 is 41.7. The van der Waals surface area contributed by atoms with E-state index in [0.29, 0.717) is 61.2 Å². The highest BCUT2D eigenvalue weighted by Gasteiger charge is 2.33. The van der Waals surface area contributed by atoms with Gasteiger partial charge in [-0.1, -0.05) is 6.07 Å². The zero-order chi connectivity index (χ0) is 35.7. The van der Waals surface area contributed by atoms with E-state index in [1.807, 2.05) is 21.0 Å². The third-order valence-electron chi connectivity index (χ3n) is 8.14. The van der Waals surface area contributed by atoms with Crippen molar-refractivity contribution < 1.29 is 22.8 Å². The Kier molecular flexibility index (Phi) is 12.4. The first-order valence-electron chi connectivity index (χ1n) is 16.2. The van der Waals surface area contributed by atoms with E-state index in [1.54, 1.807) is 36.3 Å². The molecule has 0 spiro atoms. The average Bonchev–Trinajstić information content (AvgIpc) is 3.05. The summed E-state index contributed by atoms with van der Waals surface area (Å²) in [5.41, 5.74) is 1.27. The van der Waals surface area contributed by atoms with Crippen LogP contribution in [0.2, 0.25) is 0 Å². The van der Waals surface area contributed by atoms with Gasteiger partial charge in [-0.05, 0) is 89.1 Å². The molecule has 0 aliphatic carbocycles. The number of carbonyl (C=O) groups is 2. The minimum absolute atomic E-state index is 0.0123. The van der Waals surface area contributed by atoms with Crippen LogP contribution in [0.1, 0.15) is 59.7 Å². The molecule has 1 fully saturated rings. The van der Waals surface area contributed by atoms with Crippen LogP contribution in [0.5, 0.6) is 0 Å². The van der Waals surface area contributed by atoms with Gasteiger partial charge in [0, 0.05) is 68.5 Å². The predicted molar refractivity (Wildman–Crippen MR) is 188 cm³/mol. The topological polar surface area (TPSA) is 150 Å². The third kappa shape index (κ3) is 10.5. The first-order chi connectivity index (χ1) is 23.2. The van der Waals surface area contributed by atoms with E-state index >= 15 is 0 Å². The smallest absolute Gasteiger partial charge is 0.372 e. The van der Waals surface area contributed by atoms with E-state index < -0.39 is 17.6 Å². The second-order valence-corrected chi connectivity index (χ2v) is 12.4. The lowest BCUT2D eigenvalue weighted by Crippen LogP contribution is -2.44. The van der Waals surface area contributed by atoms with E-state index in [0.717, 1.165) is 37.1 Å². The number of hydrogen-bond donors (Lipinski definition) is 6. The Morgan fingerprint density at radius 1 is 1.06 bits per heavy atom. The number of amides is 2. The van der Waals surface area contributed by atoms with Crippen LogP contribution in [-0.4, -0.2) is 85.9 Å². The molecule has 0 unspecified atom stereocenters. The molecule has 3 aromatic rings. The Balaban J connectivity index is 1.46. The SMILES string of the molecule is CNc1nc(NCCCCN(C)C)ncc1C(=N)Nc1cc(NC(=O)c2cc(N3CCC(NC(C)=O)CC3)cc(C(F)(F)F)c2)ccc1C. The second kappa shape index (κ2) is 16.5. The maximum Gasteiger partial charge on any atom is 0.416 e. The number of hydrogen-bond acceptors (Lipinski definition) is 9. The number of rotatable bonds is 13. The molecule has 264 valence electrons. The first kappa shape index (κ1) is 36.9. The van der Waals surface area contributed by atoms with Gasteiger partial charge < -0.3 is 36.4 Å². The highest BCUT2D eigenvalue weighted by molar-refractivity contribution is 6.10. The predicted octanol–water partition coefficient (Wildman–Crippen LogP) is 5.39. The number of carbonyl (C=O) groups excluding carboxylic acids is 2. The highest BCUT2D eigenvalue weighted by atomic mass is 19.4. The number of nitrogens with zero attached hydrogens (tertiary/aromatic N) is 4. The molecule has 2 amide bonds. The maximum atomic E-state index is 13.9. The zero-order valence-electron chi connectivity index (χ0n) is 28.5. The fourth-order valence-corrected chi connectivity index (χ4v) is 5.49. The minimum Gasteiger partial charge on any atom is -0.372 e. The molecular formula is C34H45F3N10O2. The van der Waals surface area contributed by atoms with E-state index in [2.05, 4.69) is 41.5 Å². The summed E-state index contributed by atoms with van der Waals surface area (Å²) in [6.07, 6.45) is 0.0301. The molecule has 0 bridgehead atoms. The van der Waals surface area contributed by atoms with Crippen LogP contribution in [0.15, 0.2) is 42.6 Å². The molecule has 1 saturated heterocycles. The molecule has 1 aliphatic heterocycles. The van der Waals surface area contributed by atoms with Crippen molar-refractivity contribution in [3.8, 4) is 0 Å². The van der Waals surface area contributed by atoms with Crippen molar-refractivity contribution in [2.45, 2.75) is 51.7 Å². The number of aryl methyl sites for hydroxylation is 1. The number of amidine groups is 1. The molecule has 4 rings (SSSR count). The summed E-state index contributed by atoms with van der Waals surface area (Å²) in [4.78, 5) is 37.6. The molecule has 15 heteroatoms. The van der Waals surface area contributed by atoms with Gasteiger partial charge in [0.05, 0.1) is 11.1 Å². The van der Waals surface area contributed by atoms with Crippen molar-refractivity contribution >= 4 is 46.5 Å². The van der Waals surface area contributed by atoms with Crippen LogP contribution in [0, 0.1) is 12.3 Å². The van der Waals surface area contributed by atoms with Crippen molar-refractivity contribution in [2.75, 3.05) is 73.5 Å². The van der Waals surface area contributed by atoms with Crippen LogP contribution in [0.25, 0.3) is 0 Å². The molecule has 2 aromatic carbocycles. The molecule has 12 nitrogen and oxygen atoms in total. The van der Waals surface area contributed by atoms with Gasteiger partial charge >= 0.3 is 6.18 Å². The van der Waals surface area contributed by atoms with Gasteiger partial charge in [-0.2, -0.15) is 18.2 Å². The van der Waals surface area contributed by atoms with Crippen LogP contribution in [-0.2, 0) is 11.0 Å². The van der Waals surface area contributed by atoms with Crippen molar-refractivity contribution in [1.82, 2.24) is 20.2 Å². The number of benzene rings is 2. The fraction of sp³-hybridized carbons (Fsp3) is 0.441. The van der Waals surface area contributed by atoms with Crippen LogP contribution >= 0.6 is 0 Å². The normalized spacial score (nSPS) is 13.6. The number of alkyl halides is 3. The summed E-state index contributed by atoms with van der Waals surface area (Å²) in [6, 6.07) is 8.29. The average molecular weight is 683 g/mol. The van der Waals surface area contributed by atoms with Crippen LogP contribution in [0.4, 0.5) is 42.0 Å². The van der Waals surface area contributed by atoms with Crippen molar-refractivity contribution in [2.24, 2.45) is 0 Å². The molecule has 6 N–H and O–H groups in total. The molecule has 1 aliphatic rings. The number of piperidine rings is 1. The van der Waals surface area contributed by atoms with Crippen molar-refractivity contribution in [1.29, 1.82) is 5.41 Å². The number of halogens is 3. The third-order valence-corrected chi connectivity index (χ3v) is 8.14. The molecule has 0 radical (unpaired) electrons. The zero-order valence-corrected chi connectivity index (χ0v) is 28.5. The van der Waals surface area contributed by atoms with E-state index in [1.165, 1.54) is 13.0 Å². The Labute approximate surface area is 284 Å². The Morgan fingerprint density at radius 3 is 2.45 bits per heavy atom. The van der Waals surface area contributed by atoms with Gasteiger partial charge in [-0.15, -0.1) is 0 Å². The summed E-state index contributed by atoms with van der Waals surface area (Å²) in [7, 11) is 5.77. The van der Waals surface area contributed by atoms with Gasteiger partial charge in [0.1, 0.15) is 11.7 Å². The number of nitrogens with one attached hydrogen (secondary N) is 6. The molecule has 0 saturated carbocycles. The van der Waals surface area contributed by atoms with Crippen LogP contribution < -0.4 is 31.5 Å². The molecular weight excluding hydrogens is 637 g/mol. The molecule has 49 heavy (non-hydrogen) atoms. The lowest BCUT2D eigenvalue weighted by atomic mass is 10.0. The number of aromatic nitrogens is 2. The molecule has 1 aromatic heterocycles. The maximum absolute atomic E-state index is 13.9. The van der Waals surface area contributed by atoms with Gasteiger partial charge in [-0.25, -0.2) is 4.98 Å². The first-order valence-corrected chi connectivity index (χ1v) is 16.2. The molecule has 0 atom stereocenters. The fourth-order valence-electron chi connectivity index (χ4n) is 5.49. The number of unbranched alkanes of at least 4 members (excludes halogenated alkanes) is 1. The second-order valence-electron chi connectivity index (χ2n) is 12.4. The Bertz CT molecular complexity index is 1640. The van der Waals surface area contributed by atoms with Gasteiger partial charge in [-0.3, -0.25) is 15.0 Å². The lowest BCUT2D eigenvalue weighted by molar-refractivity contribution is -0.137. The summed E-state index contributed by atoms with van der Waals surface area (Å²) in [5, 5.41) is 23.6. The van der Waals surface area contributed by atoms with E-state index in [-0.39, 0.29) is 29.0 Å². The van der Waals surface area contributed by atoms with Crippen molar-refractivity contribution in [3.05, 3.63) is 64.8 Å². The van der Waals surface area contributed by atoms with Gasteiger partial charge in [0.25, 0.3) is 5.91 Å². The van der Waals surface area contributed by atoms with E-state index in [9.17, 15) is 22.8 Å². The standard InChI is InChI=1S/C34H45F3N10O2/c1-21-8-9-26(19-29(21)44-30(38)28-20-41-33(45-31(28)39-3)40-12-6-7-13-46(4)5)43-32(49)23-16-24(34(35,36)37)18-27(17-23)47-14-10-25(11-15-47)42-22(2)48/h8-9,16-20,25H,6-7,10-15H2,1-5H3,(H2,38,44)(H,42,48)(H,43,49)(H2,39,40,41,45). The Hall–Kier alpha value is -4.92. The largest absolute Gasteiger partial charge is 0.416 e. The number of anilines is 5. The van der Waals surface area contributed by atoms with Crippen LogP contribution in [0.3, 0.4) is 0 Å². The van der Waals surface area contributed by atoms with E-state index in [4.69, 9.17) is 5.41 Å². The quantitative estimate of drug-likeness (QED) is 0.0792. The Morgan fingerprint density at radius 2 is 1.80 bits per heavy atom. The lowest BCUT2D eigenvalue weighted by Gasteiger charge is -2.34. The summed E-state index contributed by atoms with van der Waals surface area (Å²) in [6.45, 7) is 5.83. The summed E-state index contributed by atoms with van der Waals surface area (Å²) in [5.74, 6) is 0.0477. The monoisotopic (exact) mass is 682 g/mol. The highest BCUT2D eigenvalue weighted by Crippen LogP contribution is 2.34. The van der Waals surface area contributed by atoms with Crippen molar-refractivity contribution in [3.63, 3.8) is 0 Å². The summed E-state index contributed by atoms with van der Waals surface area (Å²) >= 11 is 0.